The quantitative estimate of drug-likeness (QED) is 0.767. The first kappa shape index (κ1) is 16.9. The zero-order valence-corrected chi connectivity index (χ0v) is 14.5. The maximum Gasteiger partial charge on any atom is 0.276 e. The minimum absolute atomic E-state index is 0.200. The summed E-state index contributed by atoms with van der Waals surface area (Å²) in [6, 6.07) is 12.9. The second-order valence-electron chi connectivity index (χ2n) is 6.35. The summed E-state index contributed by atoms with van der Waals surface area (Å²) in [7, 11) is 3.99. The number of aromatic nitrogens is 2. The summed E-state index contributed by atoms with van der Waals surface area (Å²) < 4.78 is 0. The van der Waals surface area contributed by atoms with Gasteiger partial charge >= 0.3 is 0 Å². The molecular formula is C19H20N4O2. The molecule has 6 heteroatoms. The molecule has 0 aliphatic rings. The van der Waals surface area contributed by atoms with E-state index in [2.05, 4.69) is 26.5 Å². The van der Waals surface area contributed by atoms with E-state index in [-0.39, 0.29) is 17.2 Å². The summed E-state index contributed by atoms with van der Waals surface area (Å²) in [6.07, 6.45) is 0. The van der Waals surface area contributed by atoms with E-state index in [1.54, 1.807) is 24.3 Å². The Morgan fingerprint density at radius 3 is 2.60 bits per heavy atom. The second kappa shape index (κ2) is 6.86. The van der Waals surface area contributed by atoms with Crippen LogP contribution in [0.1, 0.15) is 21.6 Å². The number of aromatic amines is 1. The largest absolute Gasteiger partial charge is 0.321 e. The summed E-state index contributed by atoms with van der Waals surface area (Å²) in [5, 5.41) is 10.2. The van der Waals surface area contributed by atoms with Gasteiger partial charge in [0, 0.05) is 17.6 Å². The predicted molar refractivity (Wildman–Crippen MR) is 98.9 cm³/mol. The molecule has 0 radical (unpaired) electrons. The fourth-order valence-electron chi connectivity index (χ4n) is 2.87. The van der Waals surface area contributed by atoms with Gasteiger partial charge in [0.15, 0.2) is 5.69 Å². The van der Waals surface area contributed by atoms with Gasteiger partial charge in [-0.1, -0.05) is 24.3 Å². The number of fused-ring (bicyclic) bond motifs is 1. The maximum absolute atomic E-state index is 12.7. The van der Waals surface area contributed by atoms with Crippen molar-refractivity contribution in [1.82, 2.24) is 15.1 Å². The summed E-state index contributed by atoms with van der Waals surface area (Å²) in [4.78, 5) is 26.6. The number of amides is 1. The van der Waals surface area contributed by atoms with Gasteiger partial charge in [-0.15, -0.1) is 0 Å². The molecule has 1 amide bonds. The van der Waals surface area contributed by atoms with Gasteiger partial charge in [-0.25, -0.2) is 5.10 Å². The standard InChI is InChI=1S/C19H20N4O2/c1-12-8-13(11-23(2)3)10-14(9-12)20-19(25)17-15-6-4-5-7-16(15)18(24)22-21-17/h4-10H,11H2,1-3H3,(H,20,25)(H,22,24). The van der Waals surface area contributed by atoms with Gasteiger partial charge in [-0.05, 0) is 50.3 Å². The Hall–Kier alpha value is -2.99. The molecular weight excluding hydrogens is 316 g/mol. The first-order valence-corrected chi connectivity index (χ1v) is 7.98. The molecule has 0 unspecified atom stereocenters. The van der Waals surface area contributed by atoms with Crippen LogP contribution in [0.5, 0.6) is 0 Å². The van der Waals surface area contributed by atoms with Crippen molar-refractivity contribution in [3.63, 3.8) is 0 Å². The number of carbonyl (C=O) groups excluding carboxylic acids is 1. The van der Waals surface area contributed by atoms with Crippen LogP contribution in [0.15, 0.2) is 47.3 Å². The second-order valence-corrected chi connectivity index (χ2v) is 6.35. The smallest absolute Gasteiger partial charge is 0.276 e. The number of nitrogens with one attached hydrogen (secondary N) is 2. The SMILES string of the molecule is Cc1cc(CN(C)C)cc(NC(=O)c2n[nH]c(=O)c3ccccc23)c1. The molecule has 1 aromatic heterocycles. The molecule has 3 rings (SSSR count). The number of benzene rings is 2. The van der Waals surface area contributed by atoms with Crippen molar-refractivity contribution < 1.29 is 4.79 Å². The average molecular weight is 336 g/mol. The van der Waals surface area contributed by atoms with Crippen molar-refractivity contribution in [3.05, 3.63) is 69.6 Å². The lowest BCUT2D eigenvalue weighted by Gasteiger charge is -2.13. The number of hydrogen-bond acceptors (Lipinski definition) is 4. The van der Waals surface area contributed by atoms with Crippen LogP contribution < -0.4 is 10.9 Å². The van der Waals surface area contributed by atoms with E-state index in [1.165, 1.54) is 0 Å². The van der Waals surface area contributed by atoms with Gasteiger partial charge in [0.1, 0.15) is 0 Å². The number of carbonyl (C=O) groups is 1. The van der Waals surface area contributed by atoms with Crippen LogP contribution in [0.25, 0.3) is 10.8 Å². The molecule has 0 fully saturated rings. The van der Waals surface area contributed by atoms with E-state index in [4.69, 9.17) is 0 Å². The third kappa shape index (κ3) is 3.75. The number of nitrogens with zero attached hydrogens (tertiary/aromatic N) is 2. The number of rotatable bonds is 4. The highest BCUT2D eigenvalue weighted by atomic mass is 16.2. The summed E-state index contributed by atoms with van der Waals surface area (Å²) in [5.74, 6) is -0.353. The third-order valence-corrected chi connectivity index (χ3v) is 3.80. The Morgan fingerprint density at radius 1 is 1.16 bits per heavy atom. The number of H-pyrrole nitrogens is 1. The molecule has 0 atom stereocenters. The minimum atomic E-state index is -0.353. The lowest BCUT2D eigenvalue weighted by atomic mass is 10.1. The Morgan fingerprint density at radius 2 is 1.88 bits per heavy atom. The van der Waals surface area contributed by atoms with Gasteiger partial charge in [0.2, 0.25) is 0 Å². The molecule has 2 N–H and O–H groups in total. The van der Waals surface area contributed by atoms with Crippen molar-refractivity contribution in [1.29, 1.82) is 0 Å². The van der Waals surface area contributed by atoms with Crippen LogP contribution in [0.4, 0.5) is 5.69 Å². The molecule has 128 valence electrons. The molecule has 1 heterocycles. The fourth-order valence-corrected chi connectivity index (χ4v) is 2.87. The highest BCUT2D eigenvalue weighted by Gasteiger charge is 2.14. The van der Waals surface area contributed by atoms with E-state index < -0.39 is 0 Å². The highest BCUT2D eigenvalue weighted by molar-refractivity contribution is 6.11. The zero-order chi connectivity index (χ0) is 18.0. The molecule has 0 spiro atoms. The predicted octanol–water partition coefficient (Wildman–Crippen LogP) is 2.55. The fraction of sp³-hybridized carbons (Fsp3) is 0.211. The molecule has 3 aromatic rings. The Labute approximate surface area is 145 Å². The van der Waals surface area contributed by atoms with Gasteiger partial charge in [-0.2, -0.15) is 5.10 Å². The van der Waals surface area contributed by atoms with Gasteiger partial charge in [-0.3, -0.25) is 9.59 Å². The summed E-state index contributed by atoms with van der Waals surface area (Å²) in [6.45, 7) is 2.77. The van der Waals surface area contributed by atoms with E-state index in [0.29, 0.717) is 16.5 Å². The Kier molecular flexibility index (Phi) is 4.63. The molecule has 0 aliphatic carbocycles. The van der Waals surface area contributed by atoms with E-state index in [1.807, 2.05) is 33.2 Å². The van der Waals surface area contributed by atoms with E-state index in [9.17, 15) is 9.59 Å². The van der Waals surface area contributed by atoms with Crippen LogP contribution in [0.2, 0.25) is 0 Å². The van der Waals surface area contributed by atoms with E-state index in [0.717, 1.165) is 17.7 Å². The van der Waals surface area contributed by atoms with Crippen molar-refractivity contribution in [2.24, 2.45) is 0 Å². The number of hydrogen-bond donors (Lipinski definition) is 2. The Balaban J connectivity index is 1.95. The molecule has 2 aromatic carbocycles. The van der Waals surface area contributed by atoms with Crippen molar-refractivity contribution in [2.45, 2.75) is 13.5 Å². The van der Waals surface area contributed by atoms with E-state index >= 15 is 0 Å². The average Bonchev–Trinajstić information content (AvgIpc) is 2.54. The maximum atomic E-state index is 12.7. The van der Waals surface area contributed by atoms with Crippen LogP contribution in [-0.4, -0.2) is 35.1 Å². The third-order valence-electron chi connectivity index (χ3n) is 3.80. The van der Waals surface area contributed by atoms with Crippen LogP contribution >= 0.6 is 0 Å². The minimum Gasteiger partial charge on any atom is -0.321 e. The first-order valence-electron chi connectivity index (χ1n) is 7.98. The lowest BCUT2D eigenvalue weighted by molar-refractivity contribution is 0.102. The number of aryl methyl sites for hydroxylation is 1. The highest BCUT2D eigenvalue weighted by Crippen LogP contribution is 2.18. The topological polar surface area (TPSA) is 78.1 Å². The molecule has 25 heavy (non-hydrogen) atoms. The van der Waals surface area contributed by atoms with Crippen molar-refractivity contribution >= 4 is 22.4 Å². The van der Waals surface area contributed by atoms with Gasteiger partial charge in [0.25, 0.3) is 11.5 Å². The molecule has 0 aliphatic heterocycles. The van der Waals surface area contributed by atoms with Crippen LogP contribution in [0.3, 0.4) is 0 Å². The summed E-state index contributed by atoms with van der Waals surface area (Å²) in [5.41, 5.74) is 2.77. The van der Waals surface area contributed by atoms with Gasteiger partial charge in [0.05, 0.1) is 5.39 Å². The Bertz CT molecular complexity index is 992. The first-order chi connectivity index (χ1) is 11.9. The molecule has 0 bridgehead atoms. The molecule has 0 saturated carbocycles. The summed E-state index contributed by atoms with van der Waals surface area (Å²) >= 11 is 0. The van der Waals surface area contributed by atoms with Crippen LogP contribution in [0, 0.1) is 6.92 Å². The molecule has 6 nitrogen and oxygen atoms in total. The van der Waals surface area contributed by atoms with Gasteiger partial charge < -0.3 is 10.2 Å². The lowest BCUT2D eigenvalue weighted by Crippen LogP contribution is -2.19. The monoisotopic (exact) mass is 336 g/mol. The van der Waals surface area contributed by atoms with Crippen LogP contribution in [-0.2, 0) is 6.54 Å². The number of anilines is 1. The van der Waals surface area contributed by atoms with Crippen molar-refractivity contribution in [2.75, 3.05) is 19.4 Å². The normalized spacial score (nSPS) is 11.0. The zero-order valence-electron chi connectivity index (χ0n) is 14.5. The molecule has 0 saturated heterocycles. The van der Waals surface area contributed by atoms with Crippen molar-refractivity contribution in [3.8, 4) is 0 Å².